The molecule has 2 aromatic rings. The van der Waals surface area contributed by atoms with Crippen molar-refractivity contribution in [2.24, 2.45) is 5.92 Å². The van der Waals surface area contributed by atoms with Crippen LogP contribution in [0.2, 0.25) is 0 Å². The maximum absolute atomic E-state index is 12.2. The predicted molar refractivity (Wildman–Crippen MR) is 89.5 cm³/mol. The second kappa shape index (κ2) is 6.00. The van der Waals surface area contributed by atoms with Gasteiger partial charge in [-0.05, 0) is 62.6 Å². The van der Waals surface area contributed by atoms with E-state index in [4.69, 9.17) is 4.42 Å². The number of rotatable bonds is 5. The number of nitrogens with zero attached hydrogens (tertiary/aromatic N) is 1. The normalized spacial score (nSPS) is 20.5. The molecule has 0 amide bonds. The molecule has 1 fully saturated rings. The van der Waals surface area contributed by atoms with Crippen molar-refractivity contribution in [1.82, 2.24) is 9.88 Å². The third kappa shape index (κ3) is 3.27. The van der Waals surface area contributed by atoms with Crippen LogP contribution in [0.15, 0.2) is 33.5 Å². The van der Waals surface area contributed by atoms with E-state index < -0.39 is 0 Å². The summed E-state index contributed by atoms with van der Waals surface area (Å²) in [6.07, 6.45) is 5.64. The summed E-state index contributed by atoms with van der Waals surface area (Å²) in [5.74, 6) is 2.68. The van der Waals surface area contributed by atoms with Crippen LogP contribution in [-0.2, 0) is 25.9 Å². The van der Waals surface area contributed by atoms with Crippen molar-refractivity contribution in [2.45, 2.75) is 58.2 Å². The van der Waals surface area contributed by atoms with Crippen LogP contribution in [-0.4, -0.2) is 10.6 Å². The second-order valence-electron chi connectivity index (χ2n) is 7.03. The van der Waals surface area contributed by atoms with Gasteiger partial charge >= 0.3 is 0 Å². The molecule has 1 saturated carbocycles. The zero-order chi connectivity index (χ0) is 15.8. The van der Waals surface area contributed by atoms with E-state index in [9.17, 15) is 4.79 Å². The smallest absolute Gasteiger partial charge is 0.250 e. The van der Waals surface area contributed by atoms with Crippen LogP contribution in [0.3, 0.4) is 0 Å². The topological polar surface area (TPSA) is 47.2 Å². The highest BCUT2D eigenvalue weighted by Crippen LogP contribution is 2.31. The predicted octanol–water partition coefficient (Wildman–Crippen LogP) is 2.81. The Hall–Kier alpha value is -1.81. The Labute approximate surface area is 136 Å². The monoisotopic (exact) mass is 312 g/mol. The SMILES string of the molecule is Cc1ccc(CNC2CCc3c(ccc(=O)n3CC3CC3)C2)o1. The van der Waals surface area contributed by atoms with Gasteiger partial charge < -0.3 is 14.3 Å². The maximum atomic E-state index is 12.2. The van der Waals surface area contributed by atoms with Gasteiger partial charge in [0.25, 0.3) is 5.56 Å². The van der Waals surface area contributed by atoms with Gasteiger partial charge in [0.1, 0.15) is 11.5 Å². The van der Waals surface area contributed by atoms with Crippen LogP contribution < -0.4 is 10.9 Å². The minimum Gasteiger partial charge on any atom is -0.465 e. The first kappa shape index (κ1) is 14.8. The molecule has 1 N–H and O–H groups in total. The first-order chi connectivity index (χ1) is 11.2. The molecule has 4 rings (SSSR count). The average molecular weight is 312 g/mol. The molecule has 4 heteroatoms. The van der Waals surface area contributed by atoms with Gasteiger partial charge in [0, 0.05) is 24.3 Å². The Morgan fingerprint density at radius 2 is 2.09 bits per heavy atom. The molecule has 2 aromatic heterocycles. The van der Waals surface area contributed by atoms with Crippen molar-refractivity contribution in [2.75, 3.05) is 0 Å². The molecule has 2 heterocycles. The standard InChI is InChI=1S/C19H24N2O2/c1-13-2-7-17(23-13)11-20-16-6-8-18-15(10-16)5-9-19(22)21(18)12-14-3-4-14/h2,5,7,9,14,16,20H,3-4,6,8,10-12H2,1H3. The molecule has 0 bridgehead atoms. The van der Waals surface area contributed by atoms with Crippen molar-refractivity contribution < 1.29 is 4.42 Å². The summed E-state index contributed by atoms with van der Waals surface area (Å²) < 4.78 is 7.66. The van der Waals surface area contributed by atoms with E-state index in [1.54, 1.807) is 6.07 Å². The van der Waals surface area contributed by atoms with E-state index in [0.717, 1.165) is 49.8 Å². The van der Waals surface area contributed by atoms with Gasteiger partial charge in [-0.2, -0.15) is 0 Å². The van der Waals surface area contributed by atoms with Crippen molar-refractivity contribution in [1.29, 1.82) is 0 Å². The van der Waals surface area contributed by atoms with Crippen LogP contribution in [0.25, 0.3) is 0 Å². The quantitative estimate of drug-likeness (QED) is 0.923. The molecule has 2 aliphatic rings. The highest BCUT2D eigenvalue weighted by Gasteiger charge is 2.26. The number of pyridine rings is 1. The van der Waals surface area contributed by atoms with Crippen LogP contribution in [0, 0.1) is 12.8 Å². The largest absolute Gasteiger partial charge is 0.465 e. The number of aryl methyl sites for hydroxylation is 1. The van der Waals surface area contributed by atoms with Crippen LogP contribution in [0.1, 0.15) is 42.0 Å². The number of hydrogen-bond acceptors (Lipinski definition) is 3. The molecule has 0 radical (unpaired) electrons. The molecule has 4 nitrogen and oxygen atoms in total. The highest BCUT2D eigenvalue weighted by molar-refractivity contribution is 5.26. The van der Waals surface area contributed by atoms with E-state index in [0.29, 0.717) is 6.04 Å². The Bertz CT molecular complexity index is 755. The summed E-state index contributed by atoms with van der Waals surface area (Å²) in [6, 6.07) is 8.28. The summed E-state index contributed by atoms with van der Waals surface area (Å²) in [6.45, 7) is 3.67. The minimum atomic E-state index is 0.174. The fraction of sp³-hybridized carbons (Fsp3) is 0.526. The number of aromatic nitrogens is 1. The molecule has 0 aliphatic heterocycles. The van der Waals surface area contributed by atoms with E-state index in [-0.39, 0.29) is 5.56 Å². The lowest BCUT2D eigenvalue weighted by molar-refractivity contribution is 0.399. The summed E-state index contributed by atoms with van der Waals surface area (Å²) in [7, 11) is 0. The summed E-state index contributed by atoms with van der Waals surface area (Å²) in [5.41, 5.74) is 2.79. The molecule has 23 heavy (non-hydrogen) atoms. The van der Waals surface area contributed by atoms with E-state index in [2.05, 4.69) is 5.32 Å². The maximum Gasteiger partial charge on any atom is 0.250 e. The molecule has 1 atom stereocenters. The number of nitrogens with one attached hydrogen (secondary N) is 1. The second-order valence-corrected chi connectivity index (χ2v) is 7.03. The highest BCUT2D eigenvalue weighted by atomic mass is 16.3. The first-order valence-electron chi connectivity index (χ1n) is 8.69. The van der Waals surface area contributed by atoms with E-state index in [1.165, 1.54) is 24.1 Å². The van der Waals surface area contributed by atoms with Gasteiger partial charge in [0.15, 0.2) is 0 Å². The summed E-state index contributed by atoms with van der Waals surface area (Å²) >= 11 is 0. The summed E-state index contributed by atoms with van der Waals surface area (Å²) in [5, 5.41) is 3.60. The van der Waals surface area contributed by atoms with Crippen LogP contribution >= 0.6 is 0 Å². The minimum absolute atomic E-state index is 0.174. The zero-order valence-electron chi connectivity index (χ0n) is 13.7. The van der Waals surface area contributed by atoms with Crippen LogP contribution in [0.5, 0.6) is 0 Å². The number of fused-ring (bicyclic) bond motifs is 1. The van der Waals surface area contributed by atoms with Gasteiger partial charge in [0.2, 0.25) is 0 Å². The van der Waals surface area contributed by atoms with Crippen molar-refractivity contribution >= 4 is 0 Å². The Morgan fingerprint density at radius 3 is 2.83 bits per heavy atom. The van der Waals surface area contributed by atoms with E-state index >= 15 is 0 Å². The molecule has 2 aliphatic carbocycles. The third-order valence-corrected chi connectivity index (χ3v) is 5.08. The third-order valence-electron chi connectivity index (χ3n) is 5.08. The fourth-order valence-corrected chi connectivity index (χ4v) is 3.58. The number of hydrogen-bond donors (Lipinski definition) is 1. The Kier molecular flexibility index (Phi) is 3.85. The van der Waals surface area contributed by atoms with Gasteiger partial charge in [-0.1, -0.05) is 6.07 Å². The molecule has 1 unspecified atom stereocenters. The fourth-order valence-electron chi connectivity index (χ4n) is 3.58. The first-order valence-corrected chi connectivity index (χ1v) is 8.69. The number of furan rings is 1. The van der Waals surface area contributed by atoms with Crippen molar-refractivity contribution in [3.05, 3.63) is 57.4 Å². The molecule has 0 aromatic carbocycles. The van der Waals surface area contributed by atoms with E-state index in [1.807, 2.05) is 29.7 Å². The van der Waals surface area contributed by atoms with Crippen LogP contribution in [0.4, 0.5) is 0 Å². The lowest BCUT2D eigenvalue weighted by Crippen LogP contribution is -2.37. The van der Waals surface area contributed by atoms with Gasteiger partial charge in [-0.3, -0.25) is 4.79 Å². The van der Waals surface area contributed by atoms with Gasteiger partial charge in [-0.15, -0.1) is 0 Å². The zero-order valence-corrected chi connectivity index (χ0v) is 13.7. The molecule has 122 valence electrons. The lowest BCUT2D eigenvalue weighted by Gasteiger charge is -2.27. The Balaban J connectivity index is 1.45. The van der Waals surface area contributed by atoms with Gasteiger partial charge in [0.05, 0.1) is 6.54 Å². The lowest BCUT2D eigenvalue weighted by atomic mass is 9.91. The summed E-state index contributed by atoms with van der Waals surface area (Å²) in [4.78, 5) is 12.2. The molecular weight excluding hydrogens is 288 g/mol. The molecule has 0 spiro atoms. The molecule has 0 saturated heterocycles. The molecular formula is C19H24N2O2. The van der Waals surface area contributed by atoms with Crippen molar-refractivity contribution in [3.63, 3.8) is 0 Å². The average Bonchev–Trinajstić information content (AvgIpc) is 3.28. The Morgan fingerprint density at radius 1 is 1.22 bits per heavy atom. The van der Waals surface area contributed by atoms with Crippen molar-refractivity contribution in [3.8, 4) is 0 Å². The van der Waals surface area contributed by atoms with Gasteiger partial charge in [-0.25, -0.2) is 0 Å².